The van der Waals surface area contributed by atoms with Gasteiger partial charge < -0.3 is 112 Å². The molecule has 0 aromatic heterocycles. The van der Waals surface area contributed by atoms with Gasteiger partial charge in [0.05, 0.1) is 51.3 Å². The lowest BCUT2D eigenvalue weighted by Gasteiger charge is -2.42. The van der Waals surface area contributed by atoms with E-state index in [1.165, 1.54) is 41.5 Å². The number of ketones is 1. The van der Waals surface area contributed by atoms with Crippen LogP contribution in [0.15, 0.2) is 0 Å². The molecule has 1 fully saturated rings. The SMILES string of the molecule is CC(=O)NC1C(OCCCCCC(=O)NCCCCC(NC(=O)CCCCCOC(OC(CO)[C@@H](C)O)[C@H](CO)NC(C)=O)C(=O)NC(CCCCNC(=O)CCCCCOC(OC(CO)[C@@H](C)O)[C@H](CO)NC(C)=O)C(C)=O)OC(CO)C(O)[C@@H]1O. The fourth-order valence-electron chi connectivity index (χ4n) is 9.05. The number of carbonyl (C=O) groups is 8. The van der Waals surface area contributed by atoms with Crippen LogP contribution in [0.3, 0.4) is 0 Å². The maximum absolute atomic E-state index is 13.8. The molecule has 0 aromatic rings. The van der Waals surface area contributed by atoms with Crippen molar-refractivity contribution in [1.82, 2.24) is 37.2 Å². The number of amides is 7. The van der Waals surface area contributed by atoms with Gasteiger partial charge in [0.1, 0.15) is 54.7 Å². The standard InChI is InChI=1S/C57H105N7O23/c1-35(70)41(20-13-15-25-58-48(76)22-10-7-17-27-82-55(43(30-65)60-38(4)73)85-45(32-67)36(2)71)64-54(81)42(63-50(78)24-12-9-18-28-83-56(44(31-66)61-39(5)74)86-46(33-68)37(3)72)21-14-16-26-59-49(77)23-11-8-19-29-84-57-51(62-40(6)75)53(80)52(79)47(34-69)87-57/h36-37,41-47,51-53,55-57,65-69,71-72,79-80H,7-34H2,1-6H3,(H,58,76)(H,59,77)(H,60,73)(H,61,74)(H,62,75)(H,63,78)(H,64,81)/t36-,37-,41?,42?,43+,44+,45?,46?,47?,51?,52?,53-,55?,56?,57?/m1/s1. The van der Waals surface area contributed by atoms with Crippen LogP contribution in [0.4, 0.5) is 0 Å². The van der Waals surface area contributed by atoms with Crippen molar-refractivity contribution in [3.8, 4) is 0 Å². The van der Waals surface area contributed by atoms with Crippen LogP contribution in [-0.2, 0) is 66.8 Å². The summed E-state index contributed by atoms with van der Waals surface area (Å²) in [6, 6.07) is -4.96. The smallest absolute Gasteiger partial charge is 0.243 e. The average Bonchev–Trinajstić information content (AvgIpc) is 2.38. The van der Waals surface area contributed by atoms with E-state index in [0.29, 0.717) is 90.0 Å². The normalized spacial score (nSPS) is 20.2. The van der Waals surface area contributed by atoms with Crippen LogP contribution in [0.2, 0.25) is 0 Å². The molecule has 15 atom stereocenters. The Morgan fingerprint density at radius 3 is 1.34 bits per heavy atom. The highest BCUT2D eigenvalue weighted by atomic mass is 16.7. The van der Waals surface area contributed by atoms with Gasteiger partial charge in [0.25, 0.3) is 0 Å². The Morgan fingerprint density at radius 1 is 0.494 bits per heavy atom. The Labute approximate surface area is 510 Å². The lowest BCUT2D eigenvalue weighted by atomic mass is 9.97. The second-order valence-corrected chi connectivity index (χ2v) is 21.9. The van der Waals surface area contributed by atoms with Crippen LogP contribution in [0, 0.1) is 0 Å². The second kappa shape index (κ2) is 47.3. The molecule has 7 amide bonds. The zero-order valence-corrected chi connectivity index (χ0v) is 51.7. The number of aliphatic hydroxyl groups is 9. The van der Waals surface area contributed by atoms with Crippen molar-refractivity contribution < 1.29 is 113 Å². The number of Topliss-reactive ketones (excluding diaryl/α,β-unsaturated/α-hetero) is 1. The Kier molecular flexibility index (Phi) is 43.7. The number of aliphatic hydroxyl groups excluding tert-OH is 9. The summed E-state index contributed by atoms with van der Waals surface area (Å²) in [5, 5.41) is 108. The van der Waals surface area contributed by atoms with Crippen molar-refractivity contribution in [2.45, 2.75) is 249 Å². The van der Waals surface area contributed by atoms with E-state index in [2.05, 4.69) is 37.2 Å². The zero-order valence-electron chi connectivity index (χ0n) is 51.7. The summed E-state index contributed by atoms with van der Waals surface area (Å²) in [5.41, 5.74) is 0. The van der Waals surface area contributed by atoms with Crippen molar-refractivity contribution >= 4 is 47.1 Å². The molecule has 1 rings (SSSR count). The van der Waals surface area contributed by atoms with Crippen molar-refractivity contribution in [1.29, 1.82) is 0 Å². The molecule has 30 nitrogen and oxygen atoms in total. The van der Waals surface area contributed by atoms with Crippen molar-refractivity contribution in [2.24, 2.45) is 0 Å². The minimum Gasteiger partial charge on any atom is -0.394 e. The molecule has 0 spiro atoms. The fraction of sp³-hybridized carbons (Fsp3) is 0.860. The Bertz CT molecular complexity index is 1960. The molecular weight excluding hydrogens is 1150 g/mol. The number of carbonyl (C=O) groups excluding carboxylic acids is 8. The van der Waals surface area contributed by atoms with E-state index < -0.39 is 154 Å². The third-order valence-electron chi connectivity index (χ3n) is 14.1. The Hall–Kier alpha value is -4.64. The molecule has 1 aliphatic rings. The molecular formula is C57H105N7O23. The average molecular weight is 1260 g/mol. The molecule has 0 bridgehead atoms. The molecule has 1 saturated heterocycles. The van der Waals surface area contributed by atoms with E-state index in [9.17, 15) is 84.3 Å². The van der Waals surface area contributed by atoms with Gasteiger partial charge >= 0.3 is 0 Å². The molecule has 0 radical (unpaired) electrons. The first kappa shape index (κ1) is 80.4. The summed E-state index contributed by atoms with van der Waals surface area (Å²) in [6.07, 6.45) is -4.62. The number of hydrogen-bond acceptors (Lipinski definition) is 23. The number of hydrogen-bond donors (Lipinski definition) is 16. The van der Waals surface area contributed by atoms with E-state index in [1.54, 1.807) is 0 Å². The molecule has 0 aromatic carbocycles. The summed E-state index contributed by atoms with van der Waals surface area (Å²) in [6.45, 7) is 6.09. The van der Waals surface area contributed by atoms with E-state index in [1.807, 2.05) is 0 Å². The minimum atomic E-state index is -1.44. The van der Waals surface area contributed by atoms with Gasteiger partial charge in [-0.05, 0) is 97.8 Å². The van der Waals surface area contributed by atoms with E-state index in [-0.39, 0.29) is 76.1 Å². The van der Waals surface area contributed by atoms with Gasteiger partial charge in [-0.2, -0.15) is 0 Å². The molecule has 0 saturated carbocycles. The lowest BCUT2D eigenvalue weighted by Crippen LogP contribution is -2.64. The van der Waals surface area contributed by atoms with E-state index >= 15 is 0 Å². The van der Waals surface area contributed by atoms with Gasteiger partial charge in [-0.15, -0.1) is 0 Å². The number of ether oxygens (including phenoxy) is 6. The third kappa shape index (κ3) is 35.4. The Morgan fingerprint density at radius 2 is 0.943 bits per heavy atom. The highest BCUT2D eigenvalue weighted by molar-refractivity contribution is 5.92. The molecule has 1 heterocycles. The minimum absolute atomic E-state index is 0.0200. The van der Waals surface area contributed by atoms with Crippen molar-refractivity contribution in [3.63, 3.8) is 0 Å². The van der Waals surface area contributed by atoms with E-state index in [0.717, 1.165) is 0 Å². The molecule has 0 aliphatic carbocycles. The predicted octanol–water partition coefficient (Wildman–Crippen LogP) is -3.04. The molecule has 30 heteroatoms. The molecule has 16 N–H and O–H groups in total. The summed E-state index contributed by atoms with van der Waals surface area (Å²) >= 11 is 0. The van der Waals surface area contributed by atoms with Crippen LogP contribution >= 0.6 is 0 Å². The van der Waals surface area contributed by atoms with Crippen LogP contribution < -0.4 is 37.2 Å². The van der Waals surface area contributed by atoms with Gasteiger partial charge in [-0.3, -0.25) is 38.4 Å². The molecule has 1 aliphatic heterocycles. The highest BCUT2D eigenvalue weighted by Gasteiger charge is 2.45. The van der Waals surface area contributed by atoms with E-state index in [4.69, 9.17) is 28.4 Å². The first-order chi connectivity index (χ1) is 41.4. The summed E-state index contributed by atoms with van der Waals surface area (Å²) in [7, 11) is 0. The van der Waals surface area contributed by atoms with Gasteiger partial charge in [0, 0.05) is 72.9 Å². The molecule has 506 valence electrons. The largest absolute Gasteiger partial charge is 0.394 e. The van der Waals surface area contributed by atoms with Gasteiger partial charge in [0.2, 0.25) is 41.4 Å². The molecule has 87 heavy (non-hydrogen) atoms. The maximum Gasteiger partial charge on any atom is 0.243 e. The van der Waals surface area contributed by atoms with Crippen molar-refractivity contribution in [2.75, 3.05) is 65.9 Å². The quantitative estimate of drug-likeness (QED) is 0.0213. The third-order valence-corrected chi connectivity index (χ3v) is 14.1. The van der Waals surface area contributed by atoms with Gasteiger partial charge in [-0.25, -0.2) is 0 Å². The van der Waals surface area contributed by atoms with Crippen LogP contribution in [0.5, 0.6) is 0 Å². The summed E-state index contributed by atoms with van der Waals surface area (Å²) in [5.74, 6) is -3.11. The first-order valence-corrected chi connectivity index (χ1v) is 30.5. The summed E-state index contributed by atoms with van der Waals surface area (Å²) < 4.78 is 34.2. The number of nitrogens with one attached hydrogen (secondary N) is 7. The monoisotopic (exact) mass is 1260 g/mol. The fourth-order valence-corrected chi connectivity index (χ4v) is 9.05. The van der Waals surface area contributed by atoms with Gasteiger partial charge in [-0.1, -0.05) is 19.3 Å². The molecule has 10 unspecified atom stereocenters. The number of rotatable bonds is 51. The topological polar surface area (TPSA) is 458 Å². The summed E-state index contributed by atoms with van der Waals surface area (Å²) in [4.78, 5) is 100. The second-order valence-electron chi connectivity index (χ2n) is 21.9. The first-order valence-electron chi connectivity index (χ1n) is 30.5. The lowest BCUT2D eigenvalue weighted by molar-refractivity contribution is -0.270. The Balaban J connectivity index is 2.79. The maximum atomic E-state index is 13.8. The van der Waals surface area contributed by atoms with Gasteiger partial charge in [0.15, 0.2) is 24.7 Å². The highest BCUT2D eigenvalue weighted by Crippen LogP contribution is 2.23. The van der Waals surface area contributed by atoms with Crippen LogP contribution in [-0.4, -0.2) is 251 Å². The van der Waals surface area contributed by atoms with Crippen molar-refractivity contribution in [3.05, 3.63) is 0 Å². The number of unbranched alkanes of at least 4 members (excludes halogenated alkanes) is 8. The predicted molar refractivity (Wildman–Crippen MR) is 311 cm³/mol. The van der Waals surface area contributed by atoms with Crippen LogP contribution in [0.25, 0.3) is 0 Å². The zero-order chi connectivity index (χ0) is 65.3. The van der Waals surface area contributed by atoms with Crippen LogP contribution in [0.1, 0.15) is 157 Å².